The van der Waals surface area contributed by atoms with Gasteiger partial charge in [0.25, 0.3) is 0 Å². The molecule has 0 aromatic carbocycles. The van der Waals surface area contributed by atoms with E-state index in [9.17, 15) is 9.59 Å². The van der Waals surface area contributed by atoms with Crippen LogP contribution in [0.2, 0.25) is 0 Å². The number of likely N-dealkylation sites (tertiary alicyclic amines) is 2. The van der Waals surface area contributed by atoms with Crippen molar-refractivity contribution in [1.29, 1.82) is 0 Å². The van der Waals surface area contributed by atoms with E-state index in [1.54, 1.807) is 9.80 Å². The molecule has 24 heavy (non-hydrogen) atoms. The van der Waals surface area contributed by atoms with Crippen molar-refractivity contribution in [3.8, 4) is 0 Å². The second kappa shape index (κ2) is 10.4. The fourth-order valence-electron chi connectivity index (χ4n) is 3.06. The largest absolute Gasteiger partial charge is 0.453 e. The van der Waals surface area contributed by atoms with Crippen LogP contribution in [0, 0.1) is 11.8 Å². The topological polar surface area (TPSA) is 71.1 Å². The van der Waals surface area contributed by atoms with Gasteiger partial charge in [-0.05, 0) is 38.1 Å². The number of piperidine rings is 2. The third-order valence-electron chi connectivity index (χ3n) is 4.98. The monoisotopic (exact) mass is 343 g/mol. The average molecular weight is 343 g/mol. The van der Waals surface area contributed by atoms with Gasteiger partial charge in [-0.3, -0.25) is 0 Å². The smallest absolute Gasteiger partial charge is 0.409 e. The maximum absolute atomic E-state index is 11.2. The highest BCUT2D eigenvalue weighted by Crippen LogP contribution is 2.17. The van der Waals surface area contributed by atoms with Gasteiger partial charge in [-0.15, -0.1) is 0 Å². The molecule has 2 fully saturated rings. The Balaban J connectivity index is 0.000000243. The van der Waals surface area contributed by atoms with Crippen LogP contribution < -0.4 is 5.32 Å². The molecule has 2 unspecified atom stereocenters. The van der Waals surface area contributed by atoms with E-state index in [0.29, 0.717) is 12.0 Å². The predicted molar refractivity (Wildman–Crippen MR) is 93.0 cm³/mol. The van der Waals surface area contributed by atoms with E-state index in [0.717, 1.165) is 51.4 Å². The molecule has 2 amide bonds. The van der Waals surface area contributed by atoms with Crippen LogP contribution in [0.4, 0.5) is 9.59 Å². The van der Waals surface area contributed by atoms with Gasteiger partial charge in [-0.1, -0.05) is 13.8 Å². The number of amides is 2. The molecule has 1 N–H and O–H groups in total. The van der Waals surface area contributed by atoms with E-state index >= 15 is 0 Å². The Morgan fingerprint density at radius 1 is 0.917 bits per heavy atom. The van der Waals surface area contributed by atoms with Crippen LogP contribution in [0.1, 0.15) is 33.1 Å². The van der Waals surface area contributed by atoms with Crippen molar-refractivity contribution in [3.05, 3.63) is 0 Å². The minimum atomic E-state index is -0.216. The van der Waals surface area contributed by atoms with Gasteiger partial charge in [-0.2, -0.15) is 0 Å². The molecule has 0 aliphatic carbocycles. The fraction of sp³-hybridized carbons (Fsp3) is 0.882. The van der Waals surface area contributed by atoms with Gasteiger partial charge in [0.15, 0.2) is 0 Å². The summed E-state index contributed by atoms with van der Waals surface area (Å²) in [6.45, 7) is 7.70. The number of hydrogen-bond acceptors (Lipinski definition) is 5. The number of carbonyl (C=O) groups excluding carboxylic acids is 2. The van der Waals surface area contributed by atoms with Crippen molar-refractivity contribution >= 4 is 12.2 Å². The minimum Gasteiger partial charge on any atom is -0.453 e. The van der Waals surface area contributed by atoms with Crippen molar-refractivity contribution in [3.63, 3.8) is 0 Å². The Morgan fingerprint density at radius 3 is 1.92 bits per heavy atom. The molecule has 7 nitrogen and oxygen atoms in total. The number of methoxy groups -OCH3 is 2. The molecule has 0 aromatic heterocycles. The number of likely N-dealkylation sites (N-methyl/N-ethyl adjacent to an activating group) is 1. The number of ether oxygens (including phenoxy) is 2. The summed E-state index contributed by atoms with van der Waals surface area (Å²) in [5, 5.41) is 3.21. The van der Waals surface area contributed by atoms with Crippen LogP contribution in [0.25, 0.3) is 0 Å². The first-order chi connectivity index (χ1) is 11.4. The van der Waals surface area contributed by atoms with Gasteiger partial charge in [0.2, 0.25) is 0 Å². The van der Waals surface area contributed by atoms with E-state index in [2.05, 4.69) is 28.6 Å². The van der Waals surface area contributed by atoms with Crippen LogP contribution in [-0.4, -0.2) is 75.5 Å². The summed E-state index contributed by atoms with van der Waals surface area (Å²) in [6.07, 6.45) is 2.86. The van der Waals surface area contributed by atoms with Crippen LogP contribution in [0.5, 0.6) is 0 Å². The Hall–Kier alpha value is -1.50. The maximum atomic E-state index is 11.2. The summed E-state index contributed by atoms with van der Waals surface area (Å²) in [4.78, 5) is 25.7. The predicted octanol–water partition coefficient (Wildman–Crippen LogP) is 2.17. The molecule has 2 aliphatic rings. The van der Waals surface area contributed by atoms with Gasteiger partial charge < -0.3 is 24.6 Å². The molecular weight excluding hydrogens is 310 g/mol. The molecule has 2 heterocycles. The van der Waals surface area contributed by atoms with Crippen LogP contribution in [0.15, 0.2) is 0 Å². The lowest BCUT2D eigenvalue weighted by Crippen LogP contribution is -2.50. The summed E-state index contributed by atoms with van der Waals surface area (Å²) >= 11 is 0. The first kappa shape index (κ1) is 20.5. The minimum absolute atomic E-state index is 0.183. The molecule has 0 aromatic rings. The van der Waals surface area contributed by atoms with E-state index in [4.69, 9.17) is 0 Å². The molecule has 2 rings (SSSR count). The Labute approximate surface area is 145 Å². The van der Waals surface area contributed by atoms with Gasteiger partial charge in [0.05, 0.1) is 14.2 Å². The highest BCUT2D eigenvalue weighted by atomic mass is 16.5. The zero-order valence-electron chi connectivity index (χ0n) is 15.7. The number of hydrogen-bond donors (Lipinski definition) is 1. The number of nitrogens with one attached hydrogen (secondary N) is 1. The van der Waals surface area contributed by atoms with Crippen molar-refractivity contribution < 1.29 is 19.1 Å². The Morgan fingerprint density at radius 2 is 1.42 bits per heavy atom. The van der Waals surface area contributed by atoms with Crippen LogP contribution in [-0.2, 0) is 9.47 Å². The van der Waals surface area contributed by atoms with Crippen molar-refractivity contribution in [1.82, 2.24) is 15.1 Å². The maximum Gasteiger partial charge on any atom is 0.409 e. The lowest BCUT2D eigenvalue weighted by atomic mass is 9.94. The van der Waals surface area contributed by atoms with E-state index in [1.165, 1.54) is 14.2 Å². The number of nitrogens with zero attached hydrogens (tertiary/aromatic N) is 2. The zero-order valence-corrected chi connectivity index (χ0v) is 15.7. The first-order valence-electron chi connectivity index (χ1n) is 8.75. The number of carbonyl (C=O) groups is 2. The molecule has 2 saturated heterocycles. The standard InChI is InChI=1S/C9H18N2O2.C8H15NO2/c1-7-4-5-11(9(12)13-3)6-8(7)10-2;1-7-3-5-9(6-4-7)8(10)11-2/h7-8,10H,4-6H2,1-3H3;7H,3-6H2,1-2H3. The van der Waals surface area contributed by atoms with Crippen molar-refractivity contribution in [2.75, 3.05) is 47.4 Å². The summed E-state index contributed by atoms with van der Waals surface area (Å²) in [5.41, 5.74) is 0. The second-order valence-corrected chi connectivity index (χ2v) is 6.72. The summed E-state index contributed by atoms with van der Waals surface area (Å²) in [5.74, 6) is 1.39. The van der Waals surface area contributed by atoms with Crippen LogP contribution in [0.3, 0.4) is 0 Å². The third kappa shape index (κ3) is 6.19. The normalized spacial score (nSPS) is 24.7. The second-order valence-electron chi connectivity index (χ2n) is 6.72. The van der Waals surface area contributed by atoms with E-state index < -0.39 is 0 Å². The van der Waals surface area contributed by atoms with Gasteiger partial charge in [0.1, 0.15) is 0 Å². The van der Waals surface area contributed by atoms with Crippen molar-refractivity contribution in [2.24, 2.45) is 11.8 Å². The molecule has 7 heteroatoms. The van der Waals surface area contributed by atoms with E-state index in [-0.39, 0.29) is 12.2 Å². The summed E-state index contributed by atoms with van der Waals surface area (Å²) in [6, 6.07) is 0.396. The third-order valence-corrected chi connectivity index (χ3v) is 4.98. The molecule has 0 radical (unpaired) electrons. The van der Waals surface area contributed by atoms with Gasteiger partial charge in [0, 0.05) is 32.2 Å². The first-order valence-corrected chi connectivity index (χ1v) is 8.75. The SMILES string of the molecule is CNC1CN(C(=O)OC)CCC1C.COC(=O)N1CCC(C)CC1. The average Bonchev–Trinajstić information content (AvgIpc) is 2.62. The summed E-state index contributed by atoms with van der Waals surface area (Å²) < 4.78 is 9.29. The van der Waals surface area contributed by atoms with Gasteiger partial charge >= 0.3 is 12.2 Å². The highest BCUT2D eigenvalue weighted by molar-refractivity contribution is 5.67. The quantitative estimate of drug-likeness (QED) is 0.790. The number of rotatable bonds is 1. The van der Waals surface area contributed by atoms with Crippen LogP contribution >= 0.6 is 0 Å². The Bertz CT molecular complexity index is 397. The molecular formula is C17H33N3O4. The fourth-order valence-corrected chi connectivity index (χ4v) is 3.06. The lowest BCUT2D eigenvalue weighted by Gasteiger charge is -2.35. The van der Waals surface area contributed by atoms with Crippen molar-refractivity contribution in [2.45, 2.75) is 39.2 Å². The summed E-state index contributed by atoms with van der Waals surface area (Å²) in [7, 11) is 4.79. The highest BCUT2D eigenvalue weighted by Gasteiger charge is 2.27. The van der Waals surface area contributed by atoms with E-state index in [1.807, 2.05) is 7.05 Å². The lowest BCUT2D eigenvalue weighted by molar-refractivity contribution is 0.0966. The zero-order chi connectivity index (χ0) is 18.1. The molecule has 0 saturated carbocycles. The molecule has 0 spiro atoms. The molecule has 0 bridgehead atoms. The Kier molecular flexibility index (Phi) is 8.89. The molecule has 140 valence electrons. The molecule has 2 aliphatic heterocycles. The molecule has 2 atom stereocenters. The van der Waals surface area contributed by atoms with Gasteiger partial charge in [-0.25, -0.2) is 9.59 Å².